The molecule has 2 aromatic carbocycles. The average molecular weight is 536 g/mol. The summed E-state index contributed by atoms with van der Waals surface area (Å²) in [5.41, 5.74) is 0.894. The molecular formula is C21H10BrCl2FN4O3. The van der Waals surface area contributed by atoms with Gasteiger partial charge >= 0.3 is 0 Å². The number of benzene rings is 2. The lowest BCUT2D eigenvalue weighted by Crippen LogP contribution is -2.24. The van der Waals surface area contributed by atoms with E-state index in [1.807, 2.05) is 6.07 Å². The molecule has 0 aliphatic heterocycles. The molecule has 0 unspecified atom stereocenters. The first-order valence-electron chi connectivity index (χ1n) is 8.90. The number of nitrogens with zero attached hydrogens (tertiary/aromatic N) is 4. The van der Waals surface area contributed by atoms with Gasteiger partial charge in [-0.1, -0.05) is 29.3 Å². The molecule has 0 atom stereocenters. The standard InChI is InChI=1S/C21H10BrCl2FN4O3/c22-16-2-1-12(19(25)20(16)31-14-6-11(9-26)5-13(23)8-14)7-18-27-28-21(32-18)15-3-4-29(30)10-17(15)24/h1-6,8,10H,7H2. The smallest absolute Gasteiger partial charge is 0.249 e. The van der Waals surface area contributed by atoms with Crippen molar-refractivity contribution in [1.82, 2.24) is 10.2 Å². The largest absolute Gasteiger partial charge is 0.619 e. The lowest BCUT2D eigenvalue weighted by Gasteiger charge is -2.12. The predicted molar refractivity (Wildman–Crippen MR) is 117 cm³/mol. The predicted octanol–water partition coefficient (Wildman–Crippen LogP) is 5.83. The summed E-state index contributed by atoms with van der Waals surface area (Å²) in [6.45, 7) is 0. The molecule has 0 aliphatic rings. The van der Waals surface area contributed by atoms with Crippen molar-refractivity contribution in [3.8, 4) is 29.0 Å². The van der Waals surface area contributed by atoms with Crippen LogP contribution in [0.3, 0.4) is 0 Å². The first-order valence-corrected chi connectivity index (χ1v) is 10.5. The molecule has 0 aliphatic carbocycles. The minimum Gasteiger partial charge on any atom is -0.619 e. The zero-order chi connectivity index (χ0) is 22.8. The van der Waals surface area contributed by atoms with E-state index in [0.29, 0.717) is 14.8 Å². The van der Waals surface area contributed by atoms with Gasteiger partial charge in [0, 0.05) is 16.7 Å². The number of rotatable bonds is 5. The van der Waals surface area contributed by atoms with Crippen LogP contribution >= 0.6 is 39.1 Å². The minimum absolute atomic E-state index is 0.0204. The lowest BCUT2D eigenvalue weighted by molar-refractivity contribution is -0.605. The van der Waals surface area contributed by atoms with E-state index in [9.17, 15) is 5.21 Å². The van der Waals surface area contributed by atoms with E-state index >= 15 is 4.39 Å². The van der Waals surface area contributed by atoms with Gasteiger partial charge in [0.05, 0.1) is 28.1 Å². The molecule has 2 heterocycles. The van der Waals surface area contributed by atoms with Gasteiger partial charge in [0.15, 0.2) is 24.0 Å². The monoisotopic (exact) mass is 534 g/mol. The second kappa shape index (κ2) is 9.12. The fraction of sp³-hybridized carbons (Fsp3) is 0.0476. The van der Waals surface area contributed by atoms with Gasteiger partial charge in [0.1, 0.15) is 10.8 Å². The van der Waals surface area contributed by atoms with Gasteiger partial charge in [-0.15, -0.1) is 10.2 Å². The third-order valence-electron chi connectivity index (χ3n) is 4.27. The van der Waals surface area contributed by atoms with Crippen molar-refractivity contribution in [3.63, 3.8) is 0 Å². The van der Waals surface area contributed by atoms with E-state index < -0.39 is 5.82 Å². The Morgan fingerprint density at radius 2 is 2.03 bits per heavy atom. The number of ether oxygens (including phenoxy) is 1. The van der Waals surface area contributed by atoms with Crippen molar-refractivity contribution in [2.45, 2.75) is 6.42 Å². The van der Waals surface area contributed by atoms with Crippen LogP contribution in [0.5, 0.6) is 11.5 Å². The topological polar surface area (TPSA) is 98.9 Å². The first-order chi connectivity index (χ1) is 15.3. The Morgan fingerprint density at radius 1 is 1.22 bits per heavy atom. The highest BCUT2D eigenvalue weighted by Crippen LogP contribution is 2.36. The normalized spacial score (nSPS) is 10.7. The van der Waals surface area contributed by atoms with Crippen LogP contribution in [0.1, 0.15) is 17.0 Å². The van der Waals surface area contributed by atoms with Gasteiger partial charge in [0.2, 0.25) is 11.8 Å². The maximum atomic E-state index is 15.2. The number of hydrogen-bond donors (Lipinski definition) is 0. The summed E-state index contributed by atoms with van der Waals surface area (Å²) >= 11 is 15.3. The third-order valence-corrected chi connectivity index (χ3v) is 5.42. The number of nitriles is 1. The minimum atomic E-state index is -0.650. The molecule has 0 spiro atoms. The molecule has 0 bridgehead atoms. The van der Waals surface area contributed by atoms with Crippen LogP contribution in [-0.2, 0) is 6.42 Å². The fourth-order valence-corrected chi connectivity index (χ4v) is 3.68. The SMILES string of the molecule is N#Cc1cc(Cl)cc(Oc2c(Br)ccc(Cc3nnc(-c4cc[n+]([O-])cc4Cl)o3)c2F)c1. The second-order valence-electron chi connectivity index (χ2n) is 6.48. The van der Waals surface area contributed by atoms with E-state index in [4.69, 9.17) is 37.6 Å². The summed E-state index contributed by atoms with van der Waals surface area (Å²) in [7, 11) is 0. The van der Waals surface area contributed by atoms with Crippen molar-refractivity contribution in [2.75, 3.05) is 0 Å². The Morgan fingerprint density at radius 3 is 2.78 bits per heavy atom. The van der Waals surface area contributed by atoms with E-state index in [1.54, 1.807) is 12.1 Å². The Labute approximate surface area is 199 Å². The van der Waals surface area contributed by atoms with Crippen LogP contribution in [0.2, 0.25) is 10.0 Å². The molecule has 0 saturated heterocycles. The van der Waals surface area contributed by atoms with Gasteiger partial charge in [-0.3, -0.25) is 0 Å². The van der Waals surface area contributed by atoms with Crippen molar-refractivity contribution in [1.29, 1.82) is 5.26 Å². The van der Waals surface area contributed by atoms with Crippen molar-refractivity contribution in [2.24, 2.45) is 0 Å². The summed E-state index contributed by atoms with van der Waals surface area (Å²) < 4.78 is 27.4. The summed E-state index contributed by atoms with van der Waals surface area (Å²) in [6.07, 6.45) is 2.39. The fourth-order valence-electron chi connectivity index (χ4n) is 2.83. The van der Waals surface area contributed by atoms with E-state index in [0.717, 1.165) is 6.20 Å². The maximum absolute atomic E-state index is 15.2. The highest BCUT2D eigenvalue weighted by molar-refractivity contribution is 9.10. The first kappa shape index (κ1) is 22.0. The molecule has 0 N–H and O–H groups in total. The van der Waals surface area contributed by atoms with Crippen LogP contribution in [0.4, 0.5) is 4.39 Å². The number of halogens is 4. The molecule has 4 aromatic rings. The molecule has 0 amide bonds. The third kappa shape index (κ3) is 4.67. The van der Waals surface area contributed by atoms with Crippen molar-refractivity contribution >= 4 is 39.1 Å². The average Bonchev–Trinajstić information content (AvgIpc) is 3.21. The van der Waals surface area contributed by atoms with Gasteiger partial charge in [-0.05, 0) is 40.2 Å². The van der Waals surface area contributed by atoms with Crippen LogP contribution in [0, 0.1) is 22.4 Å². The Bertz CT molecular complexity index is 1370. The Balaban J connectivity index is 1.62. The molecule has 4 rings (SSSR count). The van der Waals surface area contributed by atoms with E-state index in [1.165, 1.54) is 30.5 Å². The number of aromatic nitrogens is 3. The van der Waals surface area contributed by atoms with Crippen LogP contribution in [0.15, 0.2) is 57.7 Å². The molecule has 0 saturated carbocycles. The van der Waals surface area contributed by atoms with Crippen LogP contribution < -0.4 is 9.47 Å². The molecule has 0 fully saturated rings. The molecule has 2 aromatic heterocycles. The van der Waals surface area contributed by atoms with E-state index in [2.05, 4.69) is 26.1 Å². The highest BCUT2D eigenvalue weighted by Gasteiger charge is 2.19. The Kier molecular flexibility index (Phi) is 6.28. The van der Waals surface area contributed by atoms with Gasteiger partial charge in [0.25, 0.3) is 0 Å². The highest BCUT2D eigenvalue weighted by atomic mass is 79.9. The zero-order valence-corrected chi connectivity index (χ0v) is 18.9. The number of pyridine rings is 1. The molecular weight excluding hydrogens is 526 g/mol. The van der Waals surface area contributed by atoms with Gasteiger partial charge in [-0.2, -0.15) is 9.99 Å². The van der Waals surface area contributed by atoms with Crippen LogP contribution in [0.25, 0.3) is 11.5 Å². The van der Waals surface area contributed by atoms with Crippen molar-refractivity contribution < 1.29 is 18.3 Å². The molecule has 0 radical (unpaired) electrons. The quantitative estimate of drug-likeness (QED) is 0.235. The Hall–Kier alpha value is -3.19. The zero-order valence-electron chi connectivity index (χ0n) is 15.9. The van der Waals surface area contributed by atoms with Gasteiger partial charge < -0.3 is 14.4 Å². The molecule has 32 heavy (non-hydrogen) atoms. The summed E-state index contributed by atoms with van der Waals surface area (Å²) in [6, 6.07) is 11.0. The molecule has 11 heteroatoms. The van der Waals surface area contributed by atoms with Crippen LogP contribution in [-0.4, -0.2) is 10.2 Å². The van der Waals surface area contributed by atoms with Gasteiger partial charge in [-0.25, -0.2) is 4.39 Å². The summed E-state index contributed by atoms with van der Waals surface area (Å²) in [5.74, 6) is -0.290. The number of hydrogen-bond acceptors (Lipinski definition) is 6. The summed E-state index contributed by atoms with van der Waals surface area (Å²) in [5, 5.41) is 28.7. The van der Waals surface area contributed by atoms with Crippen molar-refractivity contribution in [3.05, 3.63) is 91.4 Å². The molecule has 7 nitrogen and oxygen atoms in total. The molecule has 160 valence electrons. The maximum Gasteiger partial charge on any atom is 0.249 e. The lowest BCUT2D eigenvalue weighted by atomic mass is 10.1. The summed E-state index contributed by atoms with van der Waals surface area (Å²) in [4.78, 5) is 0. The van der Waals surface area contributed by atoms with E-state index in [-0.39, 0.29) is 50.9 Å². The second-order valence-corrected chi connectivity index (χ2v) is 8.18.